The minimum Gasteiger partial charge on any atom is -0.390 e. The molecule has 0 saturated heterocycles. The average Bonchev–Trinajstić information content (AvgIpc) is 2.12. The van der Waals surface area contributed by atoms with Crippen molar-refractivity contribution in [1.82, 2.24) is 4.90 Å². The molecule has 0 spiro atoms. The minimum absolute atomic E-state index is 0.354. The molecule has 0 saturated carbocycles. The van der Waals surface area contributed by atoms with E-state index in [2.05, 4.69) is 25.7 Å². The van der Waals surface area contributed by atoms with Crippen LogP contribution in [0.2, 0.25) is 0 Å². The first kappa shape index (κ1) is 11.9. The van der Waals surface area contributed by atoms with Gasteiger partial charge in [0.15, 0.2) is 0 Å². The molecular formula is C9H22N2O. The van der Waals surface area contributed by atoms with Crippen LogP contribution < -0.4 is 5.73 Å². The van der Waals surface area contributed by atoms with Crippen molar-refractivity contribution in [2.75, 3.05) is 19.6 Å². The van der Waals surface area contributed by atoms with Gasteiger partial charge in [0.2, 0.25) is 0 Å². The zero-order valence-electron chi connectivity index (χ0n) is 8.45. The Hall–Kier alpha value is -0.120. The van der Waals surface area contributed by atoms with E-state index in [0.717, 1.165) is 13.0 Å². The van der Waals surface area contributed by atoms with Crippen molar-refractivity contribution in [2.45, 2.75) is 39.3 Å². The van der Waals surface area contributed by atoms with E-state index >= 15 is 0 Å². The summed E-state index contributed by atoms with van der Waals surface area (Å²) < 4.78 is 0. The van der Waals surface area contributed by atoms with Gasteiger partial charge in [-0.25, -0.2) is 0 Å². The molecule has 74 valence electrons. The highest BCUT2D eigenvalue weighted by atomic mass is 16.3. The highest BCUT2D eigenvalue weighted by molar-refractivity contribution is 4.68. The van der Waals surface area contributed by atoms with Gasteiger partial charge in [0.1, 0.15) is 0 Å². The molecule has 3 nitrogen and oxygen atoms in total. The Balaban J connectivity index is 3.81. The van der Waals surface area contributed by atoms with Crippen LogP contribution in [-0.2, 0) is 0 Å². The number of rotatable bonds is 6. The molecule has 0 aromatic rings. The number of hydrogen-bond donors (Lipinski definition) is 2. The van der Waals surface area contributed by atoms with E-state index in [1.165, 1.54) is 0 Å². The summed E-state index contributed by atoms with van der Waals surface area (Å²) in [6.07, 6.45) is 0.740. The van der Waals surface area contributed by atoms with E-state index in [-0.39, 0.29) is 6.10 Å². The van der Waals surface area contributed by atoms with Gasteiger partial charge in [0.05, 0.1) is 6.10 Å². The molecule has 0 aromatic heterocycles. The number of aliphatic hydroxyl groups excluding tert-OH is 1. The van der Waals surface area contributed by atoms with Gasteiger partial charge in [-0.05, 0) is 19.9 Å². The van der Waals surface area contributed by atoms with Crippen molar-refractivity contribution in [3.63, 3.8) is 0 Å². The third-order valence-electron chi connectivity index (χ3n) is 2.34. The normalized spacial score (nSPS) is 16.5. The molecular weight excluding hydrogens is 152 g/mol. The van der Waals surface area contributed by atoms with Crippen molar-refractivity contribution in [3.05, 3.63) is 0 Å². The van der Waals surface area contributed by atoms with E-state index in [1.807, 2.05) is 0 Å². The number of nitrogens with zero attached hydrogens (tertiary/aromatic N) is 1. The molecule has 0 heterocycles. The Labute approximate surface area is 75.6 Å². The maximum Gasteiger partial charge on any atom is 0.0789 e. The topological polar surface area (TPSA) is 49.5 Å². The van der Waals surface area contributed by atoms with Crippen LogP contribution in [0.4, 0.5) is 0 Å². The summed E-state index contributed by atoms with van der Waals surface area (Å²) in [6.45, 7) is 8.46. The Bertz CT molecular complexity index is 109. The number of aliphatic hydroxyl groups is 1. The zero-order chi connectivity index (χ0) is 9.56. The molecule has 0 fully saturated rings. The van der Waals surface area contributed by atoms with Gasteiger partial charge < -0.3 is 10.8 Å². The predicted molar refractivity (Wildman–Crippen MR) is 52.1 cm³/mol. The molecule has 0 rings (SSSR count). The summed E-state index contributed by atoms with van der Waals surface area (Å²) in [5, 5.41) is 9.34. The second-order valence-corrected chi connectivity index (χ2v) is 3.23. The molecule has 0 bridgehead atoms. The summed E-state index contributed by atoms with van der Waals surface area (Å²) in [4.78, 5) is 2.25. The SMILES string of the molecule is CCC(C)N(CC)CC(O)CN. The van der Waals surface area contributed by atoms with E-state index in [0.29, 0.717) is 19.1 Å². The summed E-state index contributed by atoms with van der Waals surface area (Å²) in [5.74, 6) is 0. The fourth-order valence-electron chi connectivity index (χ4n) is 1.22. The van der Waals surface area contributed by atoms with Crippen molar-refractivity contribution in [2.24, 2.45) is 5.73 Å². The monoisotopic (exact) mass is 174 g/mol. The van der Waals surface area contributed by atoms with Crippen LogP contribution in [0.3, 0.4) is 0 Å². The maximum absolute atomic E-state index is 9.34. The van der Waals surface area contributed by atoms with Crippen LogP contribution in [0, 0.1) is 0 Å². The first-order chi connectivity index (χ1) is 5.65. The lowest BCUT2D eigenvalue weighted by Crippen LogP contribution is -2.41. The minimum atomic E-state index is -0.376. The van der Waals surface area contributed by atoms with Crippen LogP contribution in [0.15, 0.2) is 0 Å². The summed E-state index contributed by atoms with van der Waals surface area (Å²) in [5.41, 5.74) is 5.34. The van der Waals surface area contributed by atoms with Crippen LogP contribution >= 0.6 is 0 Å². The molecule has 0 radical (unpaired) electrons. The lowest BCUT2D eigenvalue weighted by Gasteiger charge is -2.28. The Morgan fingerprint density at radius 2 is 2.00 bits per heavy atom. The Morgan fingerprint density at radius 3 is 2.33 bits per heavy atom. The van der Waals surface area contributed by atoms with Crippen molar-refractivity contribution >= 4 is 0 Å². The van der Waals surface area contributed by atoms with Gasteiger partial charge in [-0.2, -0.15) is 0 Å². The van der Waals surface area contributed by atoms with E-state index < -0.39 is 0 Å². The van der Waals surface area contributed by atoms with Gasteiger partial charge >= 0.3 is 0 Å². The third kappa shape index (κ3) is 4.04. The van der Waals surface area contributed by atoms with Crippen LogP contribution in [0.1, 0.15) is 27.2 Å². The Morgan fingerprint density at radius 1 is 1.42 bits per heavy atom. The quantitative estimate of drug-likeness (QED) is 0.614. The van der Waals surface area contributed by atoms with Crippen LogP contribution in [0.25, 0.3) is 0 Å². The van der Waals surface area contributed by atoms with Gasteiger partial charge in [0.25, 0.3) is 0 Å². The van der Waals surface area contributed by atoms with E-state index in [4.69, 9.17) is 5.73 Å². The first-order valence-corrected chi connectivity index (χ1v) is 4.77. The molecule has 0 aliphatic rings. The van der Waals surface area contributed by atoms with Gasteiger partial charge in [-0.15, -0.1) is 0 Å². The summed E-state index contributed by atoms with van der Waals surface area (Å²) >= 11 is 0. The van der Waals surface area contributed by atoms with Gasteiger partial charge in [-0.3, -0.25) is 4.90 Å². The second kappa shape index (κ2) is 6.40. The lowest BCUT2D eigenvalue weighted by molar-refractivity contribution is 0.0987. The third-order valence-corrected chi connectivity index (χ3v) is 2.34. The number of hydrogen-bond acceptors (Lipinski definition) is 3. The number of nitrogens with two attached hydrogens (primary N) is 1. The van der Waals surface area contributed by atoms with Crippen molar-refractivity contribution in [3.8, 4) is 0 Å². The predicted octanol–water partition coefficient (Wildman–Crippen LogP) is 0.426. The van der Waals surface area contributed by atoms with Crippen molar-refractivity contribution < 1.29 is 5.11 Å². The van der Waals surface area contributed by atoms with E-state index in [9.17, 15) is 5.11 Å². The molecule has 3 heteroatoms. The Kier molecular flexibility index (Phi) is 6.34. The summed E-state index contributed by atoms with van der Waals surface area (Å²) in [6, 6.07) is 0.538. The van der Waals surface area contributed by atoms with Gasteiger partial charge in [0, 0.05) is 19.1 Å². The largest absolute Gasteiger partial charge is 0.390 e. The molecule has 0 amide bonds. The van der Waals surface area contributed by atoms with Crippen molar-refractivity contribution in [1.29, 1.82) is 0 Å². The van der Waals surface area contributed by atoms with Crippen LogP contribution in [0.5, 0.6) is 0 Å². The molecule has 0 aromatic carbocycles. The number of likely N-dealkylation sites (N-methyl/N-ethyl adjacent to an activating group) is 1. The highest BCUT2D eigenvalue weighted by Gasteiger charge is 2.13. The molecule has 0 aliphatic heterocycles. The highest BCUT2D eigenvalue weighted by Crippen LogP contribution is 2.03. The molecule has 3 N–H and O–H groups in total. The van der Waals surface area contributed by atoms with Crippen LogP contribution in [-0.4, -0.2) is 41.8 Å². The second-order valence-electron chi connectivity index (χ2n) is 3.23. The average molecular weight is 174 g/mol. The molecule has 0 aliphatic carbocycles. The fraction of sp³-hybridized carbons (Fsp3) is 1.00. The lowest BCUT2D eigenvalue weighted by atomic mass is 10.2. The first-order valence-electron chi connectivity index (χ1n) is 4.77. The zero-order valence-corrected chi connectivity index (χ0v) is 8.45. The standard InChI is InChI=1S/C9H22N2O/c1-4-8(3)11(5-2)7-9(12)6-10/h8-9,12H,4-7,10H2,1-3H3. The van der Waals surface area contributed by atoms with E-state index in [1.54, 1.807) is 0 Å². The molecule has 12 heavy (non-hydrogen) atoms. The smallest absolute Gasteiger partial charge is 0.0789 e. The maximum atomic E-state index is 9.34. The fourth-order valence-corrected chi connectivity index (χ4v) is 1.22. The molecule has 2 atom stereocenters. The van der Waals surface area contributed by atoms with Gasteiger partial charge in [-0.1, -0.05) is 13.8 Å². The summed E-state index contributed by atoms with van der Waals surface area (Å²) in [7, 11) is 0. The molecule has 2 unspecified atom stereocenters.